The van der Waals surface area contributed by atoms with Gasteiger partial charge in [-0.2, -0.15) is 5.10 Å². The van der Waals surface area contributed by atoms with Crippen molar-refractivity contribution in [1.29, 1.82) is 0 Å². The number of rotatable bonds is 7. The number of carbonyl (C=O) groups excluding carboxylic acids is 1. The summed E-state index contributed by atoms with van der Waals surface area (Å²) in [5, 5.41) is 8.93. The van der Waals surface area contributed by atoms with Gasteiger partial charge in [-0.05, 0) is 45.9 Å². The normalized spacial score (nSPS) is 11.2. The first-order valence-corrected chi connectivity index (χ1v) is 10.6. The molecule has 156 valence electrons. The van der Waals surface area contributed by atoms with Gasteiger partial charge in [-0.1, -0.05) is 22.6 Å². The summed E-state index contributed by atoms with van der Waals surface area (Å²) in [5.41, 5.74) is 3.38. The van der Waals surface area contributed by atoms with Gasteiger partial charge in [-0.25, -0.2) is 4.98 Å². The largest absolute Gasteiger partial charge is 0.492 e. The molecule has 1 aromatic carbocycles. The third kappa shape index (κ3) is 3.93. The summed E-state index contributed by atoms with van der Waals surface area (Å²) in [5.74, 6) is 0.609. The number of ether oxygens (including phenoxy) is 1. The molecule has 0 radical (unpaired) electrons. The van der Waals surface area contributed by atoms with Crippen molar-refractivity contribution in [1.82, 2.24) is 19.9 Å². The summed E-state index contributed by atoms with van der Waals surface area (Å²) < 4.78 is 13.8. The quantitative estimate of drug-likeness (QED) is 0.442. The lowest BCUT2D eigenvalue weighted by atomic mass is 10.3. The van der Waals surface area contributed by atoms with Crippen LogP contribution in [0.15, 0.2) is 34.9 Å². The lowest BCUT2D eigenvalue weighted by Gasteiger charge is -2.18. The molecule has 3 aromatic heterocycles. The van der Waals surface area contributed by atoms with Crippen LogP contribution >= 0.6 is 11.3 Å². The zero-order valence-corrected chi connectivity index (χ0v) is 18.2. The van der Waals surface area contributed by atoms with E-state index in [0.717, 1.165) is 21.6 Å². The standard InChI is InChI=1S/C21H23N5O3S/c1-5-28-16-7-6-8-18-19(16)22-21(30-18)25(20(27)17-12-14(3)24-29-17)9-10-26-15(4)11-13(2)23-26/h6-8,11-12H,5,9-10H2,1-4H3. The Kier molecular flexibility index (Phi) is 5.54. The fourth-order valence-electron chi connectivity index (χ4n) is 3.28. The van der Waals surface area contributed by atoms with Gasteiger partial charge in [0.1, 0.15) is 11.3 Å². The number of para-hydroxylation sites is 1. The van der Waals surface area contributed by atoms with Crippen molar-refractivity contribution in [3.63, 3.8) is 0 Å². The van der Waals surface area contributed by atoms with Crippen molar-refractivity contribution in [2.45, 2.75) is 34.2 Å². The number of fused-ring (bicyclic) bond motifs is 1. The van der Waals surface area contributed by atoms with E-state index < -0.39 is 0 Å². The van der Waals surface area contributed by atoms with Crippen LogP contribution in [0.2, 0.25) is 0 Å². The average molecular weight is 426 g/mol. The SMILES string of the molecule is CCOc1cccc2sc(N(CCn3nc(C)cc3C)C(=O)c3cc(C)no3)nc12. The number of carbonyl (C=O) groups is 1. The van der Waals surface area contributed by atoms with Crippen LogP contribution in [-0.2, 0) is 6.54 Å². The van der Waals surface area contributed by atoms with Crippen LogP contribution in [0.1, 0.15) is 34.6 Å². The van der Waals surface area contributed by atoms with Gasteiger partial charge in [-0.3, -0.25) is 14.4 Å². The van der Waals surface area contributed by atoms with Crippen LogP contribution in [-0.4, -0.2) is 39.0 Å². The minimum absolute atomic E-state index is 0.185. The summed E-state index contributed by atoms with van der Waals surface area (Å²) in [4.78, 5) is 19.6. The van der Waals surface area contributed by atoms with E-state index in [9.17, 15) is 4.79 Å². The number of hydrogen-bond acceptors (Lipinski definition) is 7. The highest BCUT2D eigenvalue weighted by Gasteiger charge is 2.25. The number of aromatic nitrogens is 4. The highest BCUT2D eigenvalue weighted by Crippen LogP contribution is 2.34. The maximum atomic E-state index is 13.3. The fourth-order valence-corrected chi connectivity index (χ4v) is 4.28. The van der Waals surface area contributed by atoms with Gasteiger partial charge in [0.25, 0.3) is 5.91 Å². The van der Waals surface area contributed by atoms with Crippen molar-refractivity contribution < 1.29 is 14.1 Å². The molecule has 0 aliphatic carbocycles. The second-order valence-corrected chi connectivity index (χ2v) is 7.98. The summed E-state index contributed by atoms with van der Waals surface area (Å²) in [6.07, 6.45) is 0. The Hall–Kier alpha value is -3.20. The third-order valence-electron chi connectivity index (χ3n) is 4.62. The molecule has 0 N–H and O–H groups in total. The van der Waals surface area contributed by atoms with E-state index >= 15 is 0 Å². The van der Waals surface area contributed by atoms with E-state index in [4.69, 9.17) is 14.2 Å². The molecule has 0 unspecified atom stereocenters. The zero-order chi connectivity index (χ0) is 21.3. The van der Waals surface area contributed by atoms with Gasteiger partial charge in [0.05, 0.1) is 29.2 Å². The Labute approximate surface area is 178 Å². The van der Waals surface area contributed by atoms with Crippen LogP contribution < -0.4 is 9.64 Å². The fraction of sp³-hybridized carbons (Fsp3) is 0.333. The lowest BCUT2D eigenvalue weighted by Crippen LogP contribution is -2.34. The van der Waals surface area contributed by atoms with Gasteiger partial charge in [0.15, 0.2) is 5.13 Å². The maximum absolute atomic E-state index is 13.3. The van der Waals surface area contributed by atoms with Gasteiger partial charge in [0, 0.05) is 18.3 Å². The molecule has 0 aliphatic rings. The molecule has 9 heteroatoms. The van der Waals surface area contributed by atoms with Crippen molar-refractivity contribution in [3.05, 3.63) is 53.2 Å². The van der Waals surface area contributed by atoms with Crippen molar-refractivity contribution in [2.24, 2.45) is 0 Å². The minimum Gasteiger partial charge on any atom is -0.492 e. The molecule has 0 saturated carbocycles. The summed E-state index contributed by atoms with van der Waals surface area (Å²) in [6, 6.07) is 9.44. The van der Waals surface area contributed by atoms with E-state index in [1.165, 1.54) is 11.3 Å². The predicted octanol–water partition coefficient (Wildman–Crippen LogP) is 4.15. The molecule has 3 heterocycles. The molecule has 0 saturated heterocycles. The number of aryl methyl sites for hydroxylation is 3. The Morgan fingerprint density at radius 1 is 1.23 bits per heavy atom. The average Bonchev–Trinajstić information content (AvgIpc) is 3.41. The monoisotopic (exact) mass is 425 g/mol. The van der Waals surface area contributed by atoms with Crippen LogP contribution in [0, 0.1) is 20.8 Å². The molecule has 4 rings (SSSR count). The first-order valence-electron chi connectivity index (χ1n) is 9.75. The van der Waals surface area contributed by atoms with Crippen molar-refractivity contribution in [3.8, 4) is 5.75 Å². The first kappa shape index (κ1) is 20.1. The van der Waals surface area contributed by atoms with Crippen LogP contribution in [0.3, 0.4) is 0 Å². The molecule has 30 heavy (non-hydrogen) atoms. The molecule has 0 spiro atoms. The number of thiazole rings is 1. The molecule has 0 bridgehead atoms. The Morgan fingerprint density at radius 2 is 2.07 bits per heavy atom. The van der Waals surface area contributed by atoms with Gasteiger partial charge < -0.3 is 9.26 Å². The predicted molar refractivity (Wildman–Crippen MR) is 115 cm³/mol. The molecular weight excluding hydrogens is 402 g/mol. The summed E-state index contributed by atoms with van der Waals surface area (Å²) >= 11 is 1.44. The smallest absolute Gasteiger partial charge is 0.298 e. The summed E-state index contributed by atoms with van der Waals surface area (Å²) in [6.45, 7) is 9.14. The number of hydrogen-bond donors (Lipinski definition) is 0. The number of benzene rings is 1. The molecule has 8 nitrogen and oxygen atoms in total. The van der Waals surface area contributed by atoms with Gasteiger partial charge in [0.2, 0.25) is 5.76 Å². The molecule has 0 aliphatic heterocycles. The van der Waals surface area contributed by atoms with Crippen molar-refractivity contribution >= 4 is 32.6 Å². The van der Waals surface area contributed by atoms with Gasteiger partial charge >= 0.3 is 0 Å². The second-order valence-electron chi connectivity index (χ2n) is 6.97. The first-order chi connectivity index (χ1) is 14.5. The Morgan fingerprint density at radius 3 is 2.73 bits per heavy atom. The minimum atomic E-state index is -0.283. The van der Waals surface area contributed by atoms with Crippen LogP contribution in [0.25, 0.3) is 10.2 Å². The molecule has 1 amide bonds. The Balaban J connectivity index is 1.70. The molecule has 0 fully saturated rings. The topological polar surface area (TPSA) is 86.3 Å². The van der Waals surface area contributed by atoms with E-state index in [-0.39, 0.29) is 11.7 Å². The maximum Gasteiger partial charge on any atom is 0.298 e. The number of nitrogens with zero attached hydrogens (tertiary/aromatic N) is 5. The Bertz CT molecular complexity index is 1190. The van der Waals surface area contributed by atoms with Crippen molar-refractivity contribution in [2.75, 3.05) is 18.1 Å². The highest BCUT2D eigenvalue weighted by atomic mass is 32.1. The number of amides is 1. The highest BCUT2D eigenvalue weighted by molar-refractivity contribution is 7.22. The van der Waals surface area contributed by atoms with E-state index in [2.05, 4.69) is 10.3 Å². The van der Waals surface area contributed by atoms with E-state index in [1.807, 2.05) is 49.7 Å². The second kappa shape index (κ2) is 8.27. The summed E-state index contributed by atoms with van der Waals surface area (Å²) in [7, 11) is 0. The third-order valence-corrected chi connectivity index (χ3v) is 5.67. The van der Waals surface area contributed by atoms with Crippen LogP contribution in [0.5, 0.6) is 5.75 Å². The molecule has 0 atom stereocenters. The van der Waals surface area contributed by atoms with Crippen LogP contribution in [0.4, 0.5) is 5.13 Å². The van der Waals surface area contributed by atoms with E-state index in [1.54, 1.807) is 17.9 Å². The molecule has 4 aromatic rings. The molecular formula is C21H23N5O3S. The van der Waals surface area contributed by atoms with E-state index in [0.29, 0.717) is 36.3 Å². The zero-order valence-electron chi connectivity index (χ0n) is 17.4. The van der Waals surface area contributed by atoms with Gasteiger partial charge in [-0.15, -0.1) is 0 Å². The lowest BCUT2D eigenvalue weighted by molar-refractivity contribution is 0.0950. The number of anilines is 1.